The molecule has 53 heavy (non-hydrogen) atoms. The van der Waals surface area contributed by atoms with Crippen molar-refractivity contribution >= 4 is 43.9 Å². The van der Waals surface area contributed by atoms with Gasteiger partial charge in [0.25, 0.3) is 0 Å². The topological polar surface area (TPSA) is 70.5 Å². The second-order valence-corrected chi connectivity index (χ2v) is 13.7. The van der Waals surface area contributed by atoms with Crippen LogP contribution in [0.25, 0.3) is 66.1 Å². The van der Waals surface area contributed by atoms with Gasteiger partial charge in [0, 0.05) is 79.7 Å². The molecule has 248 valence electrons. The molecule has 0 fully saturated rings. The number of furan rings is 2. The third-order valence-electron chi connectivity index (χ3n) is 11.0. The van der Waals surface area contributed by atoms with Gasteiger partial charge in [-0.3, -0.25) is 9.97 Å². The van der Waals surface area contributed by atoms with Gasteiger partial charge in [0.2, 0.25) is 0 Å². The minimum atomic E-state index is -0.723. The Morgan fingerprint density at radius 2 is 0.868 bits per heavy atom. The maximum atomic E-state index is 6.84. The largest absolute Gasteiger partial charge is 0.457 e. The summed E-state index contributed by atoms with van der Waals surface area (Å²) >= 11 is 0. The molecule has 0 radical (unpaired) electrons. The predicted molar refractivity (Wildman–Crippen MR) is 206 cm³/mol. The van der Waals surface area contributed by atoms with Crippen LogP contribution in [0, 0.1) is 0 Å². The Labute approximate surface area is 302 Å². The molecule has 0 aliphatic carbocycles. The molecule has 0 bridgehead atoms. The van der Waals surface area contributed by atoms with Crippen molar-refractivity contribution < 1.29 is 18.3 Å². The number of para-hydroxylation sites is 4. The van der Waals surface area contributed by atoms with E-state index in [1.54, 1.807) is 12.4 Å². The molecule has 10 aromatic rings. The van der Waals surface area contributed by atoms with E-state index in [9.17, 15) is 0 Å². The van der Waals surface area contributed by atoms with Gasteiger partial charge >= 0.3 is 0 Å². The van der Waals surface area contributed by atoms with E-state index in [0.717, 1.165) is 111 Å². The first-order chi connectivity index (χ1) is 26.3. The zero-order chi connectivity index (χ0) is 34.7. The maximum absolute atomic E-state index is 6.84. The minimum absolute atomic E-state index is 0.723. The van der Waals surface area contributed by atoms with Crippen molar-refractivity contribution in [3.63, 3.8) is 0 Å². The Bertz CT molecular complexity index is 2940. The highest BCUT2D eigenvalue weighted by atomic mass is 16.5. The van der Waals surface area contributed by atoms with Crippen LogP contribution in [0.1, 0.15) is 22.3 Å². The van der Waals surface area contributed by atoms with E-state index in [4.69, 9.17) is 18.3 Å². The summed E-state index contributed by atoms with van der Waals surface area (Å²) in [6.07, 6.45) is 7.25. The molecule has 2 aliphatic heterocycles. The van der Waals surface area contributed by atoms with Crippen LogP contribution >= 0.6 is 0 Å². The molecule has 0 saturated carbocycles. The fraction of sp³-hybridized carbons (Fsp3) is 0.0213. The van der Waals surface area contributed by atoms with E-state index in [1.807, 2.05) is 36.7 Å². The van der Waals surface area contributed by atoms with E-state index in [1.165, 1.54) is 0 Å². The Balaban J connectivity index is 1.10. The lowest BCUT2D eigenvalue weighted by atomic mass is 9.62. The second-order valence-electron chi connectivity index (χ2n) is 13.7. The Hall–Kier alpha value is -7.18. The normalized spacial score (nSPS) is 13.7. The molecule has 12 rings (SSSR count). The summed E-state index contributed by atoms with van der Waals surface area (Å²) in [5.74, 6) is 3.17. The standard InChI is InChI=1S/C47H26N2O4/c1-3-13-41-35(11-1)47(37-17-15-27(23-43(37)50-41)29-7-5-9-31-33-25-48-21-19-39(33)52-45(29)31)36-12-2-4-14-42(36)51-44-24-28(16-18-38(44)47)30-8-6-10-32-34-26-49-22-20-40(34)53-46(30)32/h1-26H. The first-order valence-electron chi connectivity index (χ1n) is 17.6. The second kappa shape index (κ2) is 10.4. The summed E-state index contributed by atoms with van der Waals surface area (Å²) in [6.45, 7) is 0. The van der Waals surface area contributed by atoms with Gasteiger partial charge in [-0.1, -0.05) is 97.1 Å². The molecule has 0 saturated heterocycles. The molecule has 0 atom stereocenters. The van der Waals surface area contributed by atoms with Gasteiger partial charge in [0.15, 0.2) is 0 Å². The molecule has 2 aliphatic rings. The van der Waals surface area contributed by atoms with Gasteiger partial charge in [0.05, 0.1) is 5.41 Å². The summed E-state index contributed by atoms with van der Waals surface area (Å²) in [6, 6.07) is 46.1. The smallest absolute Gasteiger partial charge is 0.143 e. The van der Waals surface area contributed by atoms with Crippen LogP contribution in [0.2, 0.25) is 0 Å². The zero-order valence-corrected chi connectivity index (χ0v) is 28.0. The predicted octanol–water partition coefficient (Wildman–Crippen LogP) is 12.2. The maximum Gasteiger partial charge on any atom is 0.143 e. The third kappa shape index (κ3) is 3.81. The number of benzene rings is 6. The lowest BCUT2D eigenvalue weighted by Gasteiger charge is -2.45. The minimum Gasteiger partial charge on any atom is -0.457 e. The number of fused-ring (bicyclic) bond motifs is 14. The number of pyridine rings is 2. The Kier molecular flexibility index (Phi) is 5.61. The molecule has 0 unspecified atom stereocenters. The summed E-state index contributed by atoms with van der Waals surface area (Å²) in [5, 5.41) is 4.05. The van der Waals surface area contributed by atoms with Crippen molar-refractivity contribution in [1.29, 1.82) is 0 Å². The van der Waals surface area contributed by atoms with Crippen LogP contribution in [0.4, 0.5) is 0 Å². The van der Waals surface area contributed by atoms with Gasteiger partial charge < -0.3 is 18.3 Å². The molecule has 0 amide bonds. The monoisotopic (exact) mass is 682 g/mol. The van der Waals surface area contributed by atoms with Gasteiger partial charge in [-0.05, 0) is 47.5 Å². The van der Waals surface area contributed by atoms with Crippen molar-refractivity contribution in [3.05, 3.63) is 181 Å². The molecular formula is C47H26N2O4. The molecule has 6 nitrogen and oxygen atoms in total. The fourth-order valence-electron chi connectivity index (χ4n) is 8.75. The van der Waals surface area contributed by atoms with Crippen LogP contribution < -0.4 is 9.47 Å². The van der Waals surface area contributed by atoms with Crippen LogP contribution in [-0.4, -0.2) is 9.97 Å². The zero-order valence-electron chi connectivity index (χ0n) is 28.0. The van der Waals surface area contributed by atoms with E-state index in [0.29, 0.717) is 0 Å². The van der Waals surface area contributed by atoms with Crippen LogP contribution in [0.5, 0.6) is 23.0 Å². The summed E-state index contributed by atoms with van der Waals surface area (Å²) in [7, 11) is 0. The van der Waals surface area contributed by atoms with E-state index < -0.39 is 5.41 Å². The highest BCUT2D eigenvalue weighted by Gasteiger charge is 2.50. The van der Waals surface area contributed by atoms with Crippen LogP contribution in [0.15, 0.2) is 167 Å². The van der Waals surface area contributed by atoms with E-state index in [-0.39, 0.29) is 0 Å². The van der Waals surface area contributed by atoms with Gasteiger partial charge in [-0.15, -0.1) is 0 Å². The van der Waals surface area contributed by atoms with Gasteiger partial charge in [0.1, 0.15) is 45.3 Å². The molecular weight excluding hydrogens is 657 g/mol. The number of rotatable bonds is 2. The first-order valence-corrected chi connectivity index (χ1v) is 17.6. The first kappa shape index (κ1) is 28.5. The van der Waals surface area contributed by atoms with Crippen molar-refractivity contribution in [2.45, 2.75) is 5.41 Å². The number of aromatic nitrogens is 2. The van der Waals surface area contributed by atoms with Crippen LogP contribution in [0.3, 0.4) is 0 Å². The quantitative estimate of drug-likeness (QED) is 0.181. The lowest BCUT2D eigenvalue weighted by Crippen LogP contribution is -2.36. The Morgan fingerprint density at radius 1 is 0.396 bits per heavy atom. The van der Waals surface area contributed by atoms with Crippen molar-refractivity contribution in [1.82, 2.24) is 9.97 Å². The fourth-order valence-corrected chi connectivity index (χ4v) is 8.75. The number of nitrogens with zero attached hydrogens (tertiary/aromatic N) is 2. The molecule has 1 spiro atoms. The highest BCUT2D eigenvalue weighted by molar-refractivity contribution is 6.10. The summed E-state index contributed by atoms with van der Waals surface area (Å²) < 4.78 is 26.5. The Morgan fingerprint density at radius 3 is 1.38 bits per heavy atom. The summed E-state index contributed by atoms with van der Waals surface area (Å²) in [4.78, 5) is 8.70. The van der Waals surface area contributed by atoms with E-state index in [2.05, 4.69) is 119 Å². The van der Waals surface area contributed by atoms with E-state index >= 15 is 0 Å². The molecule has 6 heteroatoms. The summed E-state index contributed by atoms with van der Waals surface area (Å²) in [5.41, 5.74) is 10.7. The average molecular weight is 683 g/mol. The average Bonchev–Trinajstić information content (AvgIpc) is 3.79. The molecule has 6 heterocycles. The third-order valence-corrected chi connectivity index (χ3v) is 11.0. The number of ether oxygens (including phenoxy) is 2. The lowest BCUT2D eigenvalue weighted by molar-refractivity contribution is 0.399. The molecule has 6 aromatic carbocycles. The van der Waals surface area contributed by atoms with Crippen molar-refractivity contribution in [2.75, 3.05) is 0 Å². The highest BCUT2D eigenvalue weighted by Crippen LogP contribution is 2.62. The van der Waals surface area contributed by atoms with Crippen molar-refractivity contribution in [2.24, 2.45) is 0 Å². The van der Waals surface area contributed by atoms with Gasteiger partial charge in [-0.25, -0.2) is 0 Å². The molecule has 4 aromatic heterocycles. The van der Waals surface area contributed by atoms with Crippen molar-refractivity contribution in [3.8, 4) is 45.3 Å². The SMILES string of the molecule is c1ccc2c(c1)Oc1cc(-c3cccc4c3oc3ccncc34)ccc1C21c2ccccc2Oc2cc(-c3cccc4c3oc3ccncc34)ccc21. The van der Waals surface area contributed by atoms with Crippen LogP contribution in [-0.2, 0) is 5.41 Å². The number of hydrogen-bond acceptors (Lipinski definition) is 6. The van der Waals surface area contributed by atoms with Gasteiger partial charge in [-0.2, -0.15) is 0 Å². The number of hydrogen-bond donors (Lipinski definition) is 0. The molecule has 0 N–H and O–H groups in total.